The predicted molar refractivity (Wildman–Crippen MR) is 59.6 cm³/mol. The molecule has 0 aliphatic heterocycles. The zero-order valence-electron chi connectivity index (χ0n) is 6.76. The second kappa shape index (κ2) is 2.92. The van der Waals surface area contributed by atoms with Crippen LogP contribution in [0.2, 0.25) is 0 Å². The zero-order chi connectivity index (χ0) is 8.72. The summed E-state index contributed by atoms with van der Waals surface area (Å²) in [5, 5.41) is 1.23. The SMILES string of the molecule is Cc1ncnc2sc(I)c(C)c12. The van der Waals surface area contributed by atoms with Gasteiger partial charge >= 0.3 is 0 Å². The minimum atomic E-state index is 1.08. The van der Waals surface area contributed by atoms with E-state index in [9.17, 15) is 0 Å². The molecule has 2 rings (SSSR count). The molecule has 4 heteroatoms. The van der Waals surface area contributed by atoms with E-state index in [1.165, 1.54) is 13.8 Å². The van der Waals surface area contributed by atoms with Gasteiger partial charge in [-0.25, -0.2) is 9.97 Å². The van der Waals surface area contributed by atoms with Crippen LogP contribution in [-0.4, -0.2) is 9.97 Å². The van der Waals surface area contributed by atoms with Crippen LogP contribution < -0.4 is 0 Å². The van der Waals surface area contributed by atoms with Gasteiger partial charge in [0, 0.05) is 11.1 Å². The molecule has 0 aromatic carbocycles. The second-order valence-corrected chi connectivity index (χ2v) is 5.45. The van der Waals surface area contributed by atoms with Gasteiger partial charge in [-0.05, 0) is 42.0 Å². The van der Waals surface area contributed by atoms with Crippen molar-refractivity contribution in [3.63, 3.8) is 0 Å². The van der Waals surface area contributed by atoms with Crippen LogP contribution in [-0.2, 0) is 0 Å². The van der Waals surface area contributed by atoms with Crippen molar-refractivity contribution in [2.45, 2.75) is 13.8 Å². The minimum absolute atomic E-state index is 1.08. The van der Waals surface area contributed by atoms with E-state index in [-0.39, 0.29) is 0 Å². The summed E-state index contributed by atoms with van der Waals surface area (Å²) < 4.78 is 1.31. The molecule has 0 aliphatic rings. The van der Waals surface area contributed by atoms with Gasteiger partial charge in [-0.15, -0.1) is 11.3 Å². The zero-order valence-corrected chi connectivity index (χ0v) is 9.73. The molecule has 0 bridgehead atoms. The fraction of sp³-hybridized carbons (Fsp3) is 0.250. The number of nitrogens with zero attached hydrogens (tertiary/aromatic N) is 2. The van der Waals surface area contributed by atoms with Gasteiger partial charge in [-0.1, -0.05) is 0 Å². The maximum atomic E-state index is 4.23. The minimum Gasteiger partial charge on any atom is -0.241 e. The molecule has 0 amide bonds. The molecule has 0 fully saturated rings. The molecule has 0 N–H and O–H groups in total. The lowest BCUT2D eigenvalue weighted by molar-refractivity contribution is 1.16. The van der Waals surface area contributed by atoms with Gasteiger partial charge < -0.3 is 0 Å². The largest absolute Gasteiger partial charge is 0.241 e. The van der Waals surface area contributed by atoms with Crippen LogP contribution in [0.25, 0.3) is 10.2 Å². The van der Waals surface area contributed by atoms with Gasteiger partial charge in [-0.2, -0.15) is 0 Å². The van der Waals surface area contributed by atoms with Crippen molar-refractivity contribution in [3.8, 4) is 0 Å². The molecule has 2 aromatic heterocycles. The number of aryl methyl sites for hydroxylation is 2. The van der Waals surface area contributed by atoms with E-state index in [1.54, 1.807) is 17.7 Å². The molecular formula is C8H7IN2S. The highest BCUT2D eigenvalue weighted by molar-refractivity contribution is 14.1. The Morgan fingerprint density at radius 3 is 2.75 bits per heavy atom. The normalized spacial score (nSPS) is 10.9. The van der Waals surface area contributed by atoms with E-state index < -0.39 is 0 Å². The Balaban J connectivity index is 2.97. The summed E-state index contributed by atoms with van der Waals surface area (Å²) in [5.74, 6) is 0. The van der Waals surface area contributed by atoms with Gasteiger partial charge in [0.05, 0.1) is 2.88 Å². The molecule has 2 heterocycles. The van der Waals surface area contributed by atoms with Gasteiger partial charge in [0.25, 0.3) is 0 Å². The number of thiophene rings is 1. The summed E-state index contributed by atoms with van der Waals surface area (Å²) in [6, 6.07) is 0. The van der Waals surface area contributed by atoms with Crippen molar-refractivity contribution in [2.75, 3.05) is 0 Å². The Hall–Kier alpha value is -0.230. The Bertz CT molecular complexity index is 436. The number of hydrogen-bond donors (Lipinski definition) is 0. The third-order valence-electron chi connectivity index (χ3n) is 1.86. The molecule has 0 saturated heterocycles. The lowest BCUT2D eigenvalue weighted by atomic mass is 10.2. The first kappa shape index (κ1) is 8.37. The first-order chi connectivity index (χ1) is 5.70. The van der Waals surface area contributed by atoms with E-state index in [0.717, 1.165) is 10.5 Å². The third kappa shape index (κ3) is 1.13. The molecule has 0 aliphatic carbocycles. The van der Waals surface area contributed by atoms with Crippen LogP contribution in [0.4, 0.5) is 0 Å². The van der Waals surface area contributed by atoms with Crippen LogP contribution >= 0.6 is 33.9 Å². The van der Waals surface area contributed by atoms with Crippen molar-refractivity contribution < 1.29 is 0 Å². The summed E-state index contributed by atoms with van der Waals surface area (Å²) in [7, 11) is 0. The molecule has 62 valence electrons. The molecule has 12 heavy (non-hydrogen) atoms. The molecule has 0 atom stereocenters. The fourth-order valence-corrected chi connectivity index (χ4v) is 3.04. The summed E-state index contributed by atoms with van der Waals surface area (Å²) in [6.45, 7) is 4.15. The average molecular weight is 290 g/mol. The average Bonchev–Trinajstić information content (AvgIpc) is 2.29. The number of halogens is 1. The molecule has 2 aromatic rings. The van der Waals surface area contributed by atoms with E-state index in [4.69, 9.17) is 0 Å². The van der Waals surface area contributed by atoms with Crippen LogP contribution in [0.15, 0.2) is 6.33 Å². The van der Waals surface area contributed by atoms with Crippen molar-refractivity contribution in [1.29, 1.82) is 0 Å². The second-order valence-electron chi connectivity index (χ2n) is 2.64. The van der Waals surface area contributed by atoms with E-state index in [0.29, 0.717) is 0 Å². The standard InChI is InChI=1S/C8H7IN2S/c1-4-6-5(2)10-3-11-8(6)12-7(4)9/h3H,1-2H3. The maximum Gasteiger partial charge on any atom is 0.128 e. The van der Waals surface area contributed by atoms with Crippen molar-refractivity contribution >= 4 is 44.1 Å². The first-order valence-electron chi connectivity index (χ1n) is 3.56. The van der Waals surface area contributed by atoms with Gasteiger partial charge in [0.15, 0.2) is 0 Å². The smallest absolute Gasteiger partial charge is 0.128 e. The van der Waals surface area contributed by atoms with E-state index in [2.05, 4.69) is 39.5 Å². The molecule has 0 unspecified atom stereocenters. The number of rotatable bonds is 0. The summed E-state index contributed by atoms with van der Waals surface area (Å²) in [5.41, 5.74) is 2.39. The Morgan fingerprint density at radius 2 is 2.08 bits per heavy atom. The molecule has 2 nitrogen and oxygen atoms in total. The van der Waals surface area contributed by atoms with Crippen LogP contribution in [0, 0.1) is 16.7 Å². The Labute approximate surface area is 88.2 Å². The van der Waals surface area contributed by atoms with Crippen LogP contribution in [0.5, 0.6) is 0 Å². The number of hydrogen-bond acceptors (Lipinski definition) is 3. The summed E-state index contributed by atoms with van der Waals surface area (Å²) in [6.07, 6.45) is 1.63. The molecule has 0 saturated carbocycles. The highest BCUT2D eigenvalue weighted by Crippen LogP contribution is 2.31. The lowest BCUT2D eigenvalue weighted by Crippen LogP contribution is -1.84. The Morgan fingerprint density at radius 1 is 1.33 bits per heavy atom. The highest BCUT2D eigenvalue weighted by Gasteiger charge is 2.08. The van der Waals surface area contributed by atoms with Gasteiger partial charge in [-0.3, -0.25) is 0 Å². The number of aromatic nitrogens is 2. The van der Waals surface area contributed by atoms with E-state index in [1.807, 2.05) is 6.92 Å². The summed E-state index contributed by atoms with van der Waals surface area (Å²) in [4.78, 5) is 9.50. The quantitative estimate of drug-likeness (QED) is 0.697. The van der Waals surface area contributed by atoms with Crippen molar-refractivity contribution in [1.82, 2.24) is 9.97 Å². The summed E-state index contributed by atoms with van der Waals surface area (Å²) >= 11 is 4.07. The first-order valence-corrected chi connectivity index (χ1v) is 5.46. The molecule has 0 spiro atoms. The highest BCUT2D eigenvalue weighted by atomic mass is 127. The fourth-order valence-electron chi connectivity index (χ4n) is 1.22. The van der Waals surface area contributed by atoms with Crippen molar-refractivity contribution in [2.24, 2.45) is 0 Å². The van der Waals surface area contributed by atoms with Crippen LogP contribution in [0.1, 0.15) is 11.3 Å². The van der Waals surface area contributed by atoms with Crippen LogP contribution in [0.3, 0.4) is 0 Å². The Kier molecular flexibility index (Phi) is 2.04. The van der Waals surface area contributed by atoms with Gasteiger partial charge in [0.2, 0.25) is 0 Å². The molecule has 0 radical (unpaired) electrons. The molecular weight excluding hydrogens is 283 g/mol. The predicted octanol–water partition coefficient (Wildman–Crippen LogP) is 2.91. The van der Waals surface area contributed by atoms with Gasteiger partial charge in [0.1, 0.15) is 11.2 Å². The maximum absolute atomic E-state index is 4.23. The lowest BCUT2D eigenvalue weighted by Gasteiger charge is -1.93. The monoisotopic (exact) mass is 290 g/mol. The third-order valence-corrected chi connectivity index (χ3v) is 4.32. The topological polar surface area (TPSA) is 25.8 Å². The number of fused-ring (bicyclic) bond motifs is 1. The van der Waals surface area contributed by atoms with Crippen molar-refractivity contribution in [3.05, 3.63) is 20.5 Å². The van der Waals surface area contributed by atoms with E-state index >= 15 is 0 Å².